The summed E-state index contributed by atoms with van der Waals surface area (Å²) in [5, 5.41) is 0. The van der Waals surface area contributed by atoms with E-state index in [0.29, 0.717) is 0 Å². The van der Waals surface area contributed by atoms with Crippen LogP contribution in [0, 0.1) is 0 Å². The zero-order chi connectivity index (χ0) is 12.7. The molecule has 0 saturated carbocycles. The Hall–Kier alpha value is -1.10. The lowest BCUT2D eigenvalue weighted by Gasteiger charge is -2.21. The largest absolute Gasteiger partial charge is 0.469 e. The van der Waals surface area contributed by atoms with Crippen molar-refractivity contribution >= 4 is 11.9 Å². The third kappa shape index (κ3) is 5.17. The van der Waals surface area contributed by atoms with Crippen molar-refractivity contribution in [3.05, 3.63) is 0 Å². The van der Waals surface area contributed by atoms with E-state index in [9.17, 15) is 9.59 Å². The summed E-state index contributed by atoms with van der Waals surface area (Å²) in [6.45, 7) is 3.95. The number of methoxy groups -OCH3 is 1. The summed E-state index contributed by atoms with van der Waals surface area (Å²) >= 11 is 0. The lowest BCUT2D eigenvalue weighted by molar-refractivity contribution is -0.143. The van der Waals surface area contributed by atoms with Crippen LogP contribution in [0.4, 0.5) is 0 Å². The summed E-state index contributed by atoms with van der Waals surface area (Å²) < 4.78 is 4.50. The minimum atomic E-state index is -0.328. The fourth-order valence-corrected chi connectivity index (χ4v) is 1.92. The number of ether oxygens (including phenoxy) is 1. The van der Waals surface area contributed by atoms with E-state index in [0.717, 1.165) is 26.2 Å². The van der Waals surface area contributed by atoms with Gasteiger partial charge in [0.1, 0.15) is 0 Å². The van der Waals surface area contributed by atoms with E-state index in [2.05, 4.69) is 9.64 Å². The molecular weight excluding hydrogens is 220 g/mol. The average molecular weight is 242 g/mol. The molecule has 0 aromatic rings. The van der Waals surface area contributed by atoms with Gasteiger partial charge in [0.2, 0.25) is 5.91 Å². The van der Waals surface area contributed by atoms with Crippen LogP contribution < -0.4 is 0 Å². The fraction of sp³-hybridized carbons (Fsp3) is 0.833. The number of amides is 1. The fourth-order valence-electron chi connectivity index (χ4n) is 1.92. The highest BCUT2D eigenvalue weighted by Crippen LogP contribution is 2.06. The van der Waals surface area contributed by atoms with Crippen molar-refractivity contribution in [2.24, 2.45) is 0 Å². The van der Waals surface area contributed by atoms with Gasteiger partial charge in [-0.3, -0.25) is 9.59 Å². The molecule has 0 unspecified atom stereocenters. The van der Waals surface area contributed by atoms with Gasteiger partial charge >= 0.3 is 5.97 Å². The highest BCUT2D eigenvalue weighted by molar-refractivity contribution is 5.81. The maximum atomic E-state index is 11.7. The molecule has 17 heavy (non-hydrogen) atoms. The smallest absolute Gasteiger partial charge is 0.306 e. The van der Waals surface area contributed by atoms with Gasteiger partial charge < -0.3 is 14.5 Å². The van der Waals surface area contributed by atoms with Crippen LogP contribution in [-0.2, 0) is 14.3 Å². The normalized spacial score (nSPS) is 15.9. The lowest BCUT2D eigenvalue weighted by atomic mass is 10.3. The van der Waals surface area contributed by atoms with E-state index >= 15 is 0 Å². The van der Waals surface area contributed by atoms with Crippen LogP contribution in [0.5, 0.6) is 0 Å². The third-order valence-corrected chi connectivity index (χ3v) is 3.15. The average Bonchev–Trinajstić information content (AvgIpc) is 2.85. The van der Waals surface area contributed by atoms with Gasteiger partial charge in [-0.05, 0) is 25.9 Å². The van der Waals surface area contributed by atoms with Crippen molar-refractivity contribution in [3.63, 3.8) is 0 Å². The summed E-state index contributed by atoms with van der Waals surface area (Å²) in [6.07, 6.45) is 2.94. The Morgan fingerprint density at radius 1 is 1.24 bits per heavy atom. The van der Waals surface area contributed by atoms with Crippen LogP contribution in [0.2, 0.25) is 0 Å². The van der Waals surface area contributed by atoms with Gasteiger partial charge in [-0.15, -0.1) is 0 Å². The standard InChI is InChI=1S/C12H22N2O3/c1-13(9-10-14-7-3-4-8-14)11(15)5-6-12(16)17-2/h3-10H2,1-2H3. The number of esters is 1. The molecule has 5 nitrogen and oxygen atoms in total. The van der Waals surface area contributed by atoms with Gasteiger partial charge in [0, 0.05) is 26.6 Å². The second-order valence-corrected chi connectivity index (χ2v) is 4.44. The molecule has 0 N–H and O–H groups in total. The van der Waals surface area contributed by atoms with E-state index in [1.807, 2.05) is 0 Å². The third-order valence-electron chi connectivity index (χ3n) is 3.15. The van der Waals surface area contributed by atoms with Gasteiger partial charge in [0.25, 0.3) is 0 Å². The summed E-state index contributed by atoms with van der Waals surface area (Å²) in [6, 6.07) is 0. The van der Waals surface area contributed by atoms with E-state index in [1.165, 1.54) is 20.0 Å². The summed E-state index contributed by atoms with van der Waals surface area (Å²) in [7, 11) is 3.12. The molecule has 1 aliphatic heterocycles. The molecule has 1 heterocycles. The van der Waals surface area contributed by atoms with E-state index < -0.39 is 0 Å². The van der Waals surface area contributed by atoms with Crippen molar-refractivity contribution < 1.29 is 14.3 Å². The molecule has 0 bridgehead atoms. The van der Waals surface area contributed by atoms with Gasteiger partial charge in [-0.25, -0.2) is 0 Å². The number of carbonyl (C=O) groups excluding carboxylic acids is 2. The van der Waals surface area contributed by atoms with Crippen molar-refractivity contribution in [3.8, 4) is 0 Å². The monoisotopic (exact) mass is 242 g/mol. The van der Waals surface area contributed by atoms with Crippen LogP contribution in [0.1, 0.15) is 25.7 Å². The number of likely N-dealkylation sites (tertiary alicyclic amines) is 1. The van der Waals surface area contributed by atoms with Crippen molar-refractivity contribution in [2.45, 2.75) is 25.7 Å². The van der Waals surface area contributed by atoms with E-state index in [-0.39, 0.29) is 24.7 Å². The summed E-state index contributed by atoms with van der Waals surface area (Å²) in [5.41, 5.74) is 0. The minimum absolute atomic E-state index is 0.00889. The van der Waals surface area contributed by atoms with Crippen LogP contribution >= 0.6 is 0 Å². The number of hydrogen-bond donors (Lipinski definition) is 0. The molecule has 5 heteroatoms. The zero-order valence-corrected chi connectivity index (χ0v) is 10.8. The molecule has 1 saturated heterocycles. The van der Waals surface area contributed by atoms with Crippen LogP contribution in [-0.4, -0.2) is 62.0 Å². The van der Waals surface area contributed by atoms with Crippen molar-refractivity contribution in [1.82, 2.24) is 9.80 Å². The van der Waals surface area contributed by atoms with Gasteiger partial charge in [0.05, 0.1) is 13.5 Å². The van der Waals surface area contributed by atoms with Gasteiger partial charge in [-0.2, -0.15) is 0 Å². The van der Waals surface area contributed by atoms with Gasteiger partial charge in [0.15, 0.2) is 0 Å². The molecule has 1 aliphatic rings. The number of hydrogen-bond acceptors (Lipinski definition) is 4. The molecule has 0 atom stereocenters. The Labute approximate surface area is 103 Å². The van der Waals surface area contributed by atoms with Crippen LogP contribution in [0.25, 0.3) is 0 Å². The Morgan fingerprint density at radius 2 is 1.88 bits per heavy atom. The van der Waals surface area contributed by atoms with Crippen LogP contribution in [0.3, 0.4) is 0 Å². The predicted molar refractivity (Wildman–Crippen MR) is 64.6 cm³/mol. The molecule has 0 radical (unpaired) electrons. The van der Waals surface area contributed by atoms with Crippen molar-refractivity contribution in [1.29, 1.82) is 0 Å². The lowest BCUT2D eigenvalue weighted by Crippen LogP contribution is -2.35. The predicted octanol–water partition coefficient (Wildman–Crippen LogP) is 0.494. The second-order valence-electron chi connectivity index (χ2n) is 4.44. The first-order valence-electron chi connectivity index (χ1n) is 6.16. The molecule has 0 spiro atoms. The number of carbonyl (C=O) groups is 2. The first-order valence-corrected chi connectivity index (χ1v) is 6.16. The molecule has 0 aromatic carbocycles. The summed E-state index contributed by atoms with van der Waals surface area (Å²) in [5.74, 6) is -0.319. The second kappa shape index (κ2) is 7.27. The molecule has 1 fully saturated rings. The Balaban J connectivity index is 2.14. The Morgan fingerprint density at radius 3 is 2.47 bits per heavy atom. The SMILES string of the molecule is COC(=O)CCC(=O)N(C)CCN1CCCC1. The number of rotatable bonds is 6. The molecule has 0 aliphatic carbocycles. The zero-order valence-electron chi connectivity index (χ0n) is 10.8. The van der Waals surface area contributed by atoms with Gasteiger partial charge in [-0.1, -0.05) is 0 Å². The molecule has 1 rings (SSSR count). The van der Waals surface area contributed by atoms with E-state index in [1.54, 1.807) is 11.9 Å². The molecule has 1 amide bonds. The van der Waals surface area contributed by atoms with Crippen molar-refractivity contribution in [2.75, 3.05) is 40.3 Å². The molecule has 0 aromatic heterocycles. The highest BCUT2D eigenvalue weighted by atomic mass is 16.5. The Bertz CT molecular complexity index is 262. The first-order chi connectivity index (χ1) is 8.13. The quantitative estimate of drug-likeness (QED) is 0.636. The van der Waals surface area contributed by atoms with Crippen LogP contribution in [0.15, 0.2) is 0 Å². The maximum Gasteiger partial charge on any atom is 0.306 e. The molecule has 98 valence electrons. The number of likely N-dealkylation sites (N-methyl/N-ethyl adjacent to an activating group) is 1. The topological polar surface area (TPSA) is 49.9 Å². The summed E-state index contributed by atoms with van der Waals surface area (Å²) in [4.78, 5) is 26.6. The highest BCUT2D eigenvalue weighted by Gasteiger charge is 2.15. The molecular formula is C12H22N2O3. The number of nitrogens with zero attached hydrogens (tertiary/aromatic N) is 2. The maximum absolute atomic E-state index is 11.7. The first kappa shape index (κ1) is 14.0. The Kier molecular flexibility index (Phi) is 5.97. The van der Waals surface area contributed by atoms with E-state index in [4.69, 9.17) is 0 Å². The minimum Gasteiger partial charge on any atom is -0.469 e.